The van der Waals surface area contributed by atoms with Crippen LogP contribution in [0, 0.1) is 0 Å². The van der Waals surface area contributed by atoms with Crippen molar-refractivity contribution >= 4 is 23.4 Å². The van der Waals surface area contributed by atoms with E-state index in [1.165, 1.54) is 0 Å². The SMILES string of the molecule is Cn1ccnc1CCC(CSc1cccc(Cl)c1)NN. The maximum absolute atomic E-state index is 5.98. The third-order valence-electron chi connectivity index (χ3n) is 3.12. The third kappa shape index (κ3) is 4.52. The first-order chi connectivity index (χ1) is 9.69. The monoisotopic (exact) mass is 310 g/mol. The largest absolute Gasteiger partial charge is 0.338 e. The topological polar surface area (TPSA) is 55.9 Å². The summed E-state index contributed by atoms with van der Waals surface area (Å²) in [5.74, 6) is 7.61. The fourth-order valence-electron chi connectivity index (χ4n) is 1.91. The predicted molar refractivity (Wildman–Crippen MR) is 84.8 cm³/mol. The molecule has 2 aromatic rings. The predicted octanol–water partition coefficient (Wildman–Crippen LogP) is 2.63. The van der Waals surface area contributed by atoms with E-state index in [0.29, 0.717) is 0 Å². The lowest BCUT2D eigenvalue weighted by atomic mass is 10.2. The number of imidazole rings is 1. The van der Waals surface area contributed by atoms with E-state index in [2.05, 4.69) is 16.5 Å². The van der Waals surface area contributed by atoms with Crippen LogP contribution in [0.15, 0.2) is 41.6 Å². The summed E-state index contributed by atoms with van der Waals surface area (Å²) in [4.78, 5) is 5.48. The average Bonchev–Trinajstić information content (AvgIpc) is 2.85. The quantitative estimate of drug-likeness (QED) is 0.469. The van der Waals surface area contributed by atoms with Gasteiger partial charge in [-0.25, -0.2) is 4.98 Å². The Bertz CT molecular complexity index is 543. The van der Waals surface area contributed by atoms with Crippen LogP contribution in [0.2, 0.25) is 5.02 Å². The maximum Gasteiger partial charge on any atom is 0.108 e. The molecule has 20 heavy (non-hydrogen) atoms. The molecular weight excluding hydrogens is 292 g/mol. The second-order valence-corrected chi connectivity index (χ2v) is 6.15. The molecule has 0 saturated carbocycles. The van der Waals surface area contributed by atoms with Gasteiger partial charge in [0.2, 0.25) is 0 Å². The van der Waals surface area contributed by atoms with Gasteiger partial charge in [0.1, 0.15) is 5.82 Å². The highest BCUT2D eigenvalue weighted by atomic mass is 35.5. The minimum Gasteiger partial charge on any atom is -0.338 e. The molecule has 0 radical (unpaired) electrons. The van der Waals surface area contributed by atoms with E-state index in [4.69, 9.17) is 17.4 Å². The summed E-state index contributed by atoms with van der Waals surface area (Å²) in [5, 5.41) is 0.764. The zero-order valence-electron chi connectivity index (χ0n) is 11.4. The van der Waals surface area contributed by atoms with Gasteiger partial charge < -0.3 is 4.57 Å². The van der Waals surface area contributed by atoms with E-state index in [1.807, 2.05) is 42.2 Å². The first-order valence-corrected chi connectivity index (χ1v) is 7.86. The molecule has 108 valence electrons. The Kier molecular flexibility index (Phi) is 5.91. The summed E-state index contributed by atoms with van der Waals surface area (Å²) in [7, 11) is 2.01. The Morgan fingerprint density at radius 3 is 3.00 bits per heavy atom. The number of hydrogen-bond acceptors (Lipinski definition) is 4. The van der Waals surface area contributed by atoms with Gasteiger partial charge in [0.05, 0.1) is 0 Å². The number of aryl methyl sites for hydroxylation is 2. The molecule has 0 bridgehead atoms. The number of hydrazine groups is 1. The molecule has 6 heteroatoms. The molecular formula is C14H19ClN4S. The van der Waals surface area contributed by atoms with Crippen LogP contribution in [-0.4, -0.2) is 21.3 Å². The van der Waals surface area contributed by atoms with Crippen molar-refractivity contribution in [2.45, 2.75) is 23.8 Å². The van der Waals surface area contributed by atoms with E-state index in [1.54, 1.807) is 11.8 Å². The molecule has 0 fully saturated rings. The van der Waals surface area contributed by atoms with Crippen molar-refractivity contribution in [1.82, 2.24) is 15.0 Å². The highest BCUT2D eigenvalue weighted by Gasteiger charge is 2.09. The van der Waals surface area contributed by atoms with Gasteiger partial charge in [-0.1, -0.05) is 17.7 Å². The number of aromatic nitrogens is 2. The summed E-state index contributed by atoms with van der Waals surface area (Å²) in [5.41, 5.74) is 2.88. The lowest BCUT2D eigenvalue weighted by Gasteiger charge is -2.15. The average molecular weight is 311 g/mol. The Morgan fingerprint density at radius 1 is 1.50 bits per heavy atom. The number of halogens is 1. The molecule has 0 saturated heterocycles. The van der Waals surface area contributed by atoms with Crippen LogP contribution in [-0.2, 0) is 13.5 Å². The smallest absolute Gasteiger partial charge is 0.108 e. The Labute approximate surface area is 128 Å². The summed E-state index contributed by atoms with van der Waals surface area (Å²) in [6.07, 6.45) is 5.64. The van der Waals surface area contributed by atoms with E-state index in [-0.39, 0.29) is 6.04 Å². The Morgan fingerprint density at radius 2 is 2.35 bits per heavy atom. The van der Waals surface area contributed by atoms with Gasteiger partial charge in [-0.15, -0.1) is 11.8 Å². The molecule has 1 atom stereocenters. The molecule has 1 aromatic heterocycles. The third-order valence-corrected chi connectivity index (χ3v) is 4.51. The van der Waals surface area contributed by atoms with E-state index >= 15 is 0 Å². The fraction of sp³-hybridized carbons (Fsp3) is 0.357. The van der Waals surface area contributed by atoms with Crippen LogP contribution in [0.25, 0.3) is 0 Å². The van der Waals surface area contributed by atoms with Crippen LogP contribution < -0.4 is 11.3 Å². The Balaban J connectivity index is 1.82. The van der Waals surface area contributed by atoms with Crippen molar-refractivity contribution in [3.63, 3.8) is 0 Å². The van der Waals surface area contributed by atoms with Gasteiger partial charge in [-0.05, 0) is 24.6 Å². The Hall–Kier alpha value is -1.01. The van der Waals surface area contributed by atoms with Gasteiger partial charge in [0, 0.05) is 47.6 Å². The van der Waals surface area contributed by atoms with E-state index in [0.717, 1.165) is 34.3 Å². The van der Waals surface area contributed by atoms with Gasteiger partial charge in [-0.3, -0.25) is 11.3 Å². The minimum absolute atomic E-state index is 0.246. The highest BCUT2D eigenvalue weighted by Crippen LogP contribution is 2.22. The second-order valence-electron chi connectivity index (χ2n) is 4.63. The van der Waals surface area contributed by atoms with Crippen molar-refractivity contribution in [2.75, 3.05) is 5.75 Å². The molecule has 1 unspecified atom stereocenters. The van der Waals surface area contributed by atoms with Crippen LogP contribution in [0.1, 0.15) is 12.2 Å². The van der Waals surface area contributed by atoms with Crippen molar-refractivity contribution in [3.8, 4) is 0 Å². The number of nitrogens with two attached hydrogens (primary N) is 1. The van der Waals surface area contributed by atoms with Gasteiger partial charge in [0.25, 0.3) is 0 Å². The van der Waals surface area contributed by atoms with Crippen LogP contribution >= 0.6 is 23.4 Å². The molecule has 0 aliphatic carbocycles. The van der Waals surface area contributed by atoms with Crippen molar-refractivity contribution < 1.29 is 0 Å². The first-order valence-electron chi connectivity index (χ1n) is 6.49. The summed E-state index contributed by atoms with van der Waals surface area (Å²) >= 11 is 7.73. The van der Waals surface area contributed by atoms with Crippen LogP contribution in [0.5, 0.6) is 0 Å². The molecule has 0 aliphatic heterocycles. The summed E-state index contributed by atoms with van der Waals surface area (Å²) in [6.45, 7) is 0. The van der Waals surface area contributed by atoms with Gasteiger partial charge in [0.15, 0.2) is 0 Å². The molecule has 1 heterocycles. The van der Waals surface area contributed by atoms with Gasteiger partial charge in [-0.2, -0.15) is 0 Å². The minimum atomic E-state index is 0.246. The second kappa shape index (κ2) is 7.69. The highest BCUT2D eigenvalue weighted by molar-refractivity contribution is 7.99. The molecule has 0 amide bonds. The van der Waals surface area contributed by atoms with E-state index < -0.39 is 0 Å². The lowest BCUT2D eigenvalue weighted by molar-refractivity contribution is 0.528. The number of thioether (sulfide) groups is 1. The van der Waals surface area contributed by atoms with Crippen LogP contribution in [0.3, 0.4) is 0 Å². The first kappa shape index (κ1) is 15.4. The molecule has 0 aliphatic rings. The number of nitrogens with one attached hydrogen (secondary N) is 1. The molecule has 3 N–H and O–H groups in total. The number of benzene rings is 1. The molecule has 0 spiro atoms. The van der Waals surface area contributed by atoms with Crippen molar-refractivity contribution in [2.24, 2.45) is 12.9 Å². The van der Waals surface area contributed by atoms with E-state index in [9.17, 15) is 0 Å². The standard InChI is InChI=1S/C14H19ClN4S/c1-19-8-7-17-14(19)6-5-12(18-16)10-20-13-4-2-3-11(15)9-13/h2-4,7-9,12,18H,5-6,10,16H2,1H3. The number of hydrogen-bond donors (Lipinski definition) is 2. The van der Waals surface area contributed by atoms with Gasteiger partial charge >= 0.3 is 0 Å². The number of rotatable bonds is 7. The molecule has 4 nitrogen and oxygen atoms in total. The zero-order valence-corrected chi connectivity index (χ0v) is 13.0. The van der Waals surface area contributed by atoms with Crippen molar-refractivity contribution in [1.29, 1.82) is 0 Å². The van der Waals surface area contributed by atoms with Crippen molar-refractivity contribution in [3.05, 3.63) is 47.5 Å². The number of nitrogens with zero attached hydrogens (tertiary/aromatic N) is 2. The summed E-state index contributed by atoms with van der Waals surface area (Å²) < 4.78 is 2.04. The van der Waals surface area contributed by atoms with Crippen LogP contribution in [0.4, 0.5) is 0 Å². The fourth-order valence-corrected chi connectivity index (χ4v) is 3.21. The lowest BCUT2D eigenvalue weighted by Crippen LogP contribution is -2.37. The zero-order chi connectivity index (χ0) is 14.4. The molecule has 1 aromatic carbocycles. The molecule has 2 rings (SSSR count). The normalized spacial score (nSPS) is 12.6. The maximum atomic E-state index is 5.98. The summed E-state index contributed by atoms with van der Waals surface area (Å²) in [6, 6.07) is 8.12.